The van der Waals surface area contributed by atoms with Crippen LogP contribution in [0.25, 0.3) is 0 Å². The molecule has 1 aromatic rings. The predicted octanol–water partition coefficient (Wildman–Crippen LogP) is 3.28. The molecule has 0 spiro atoms. The maximum Gasteiger partial charge on any atom is 0.315 e. The van der Waals surface area contributed by atoms with Gasteiger partial charge < -0.3 is 15.4 Å². The van der Waals surface area contributed by atoms with Crippen LogP contribution in [-0.2, 0) is 4.74 Å². The highest BCUT2D eigenvalue weighted by Crippen LogP contribution is 2.22. The number of nitrogens with one attached hydrogen (secondary N) is 2. The Bertz CT molecular complexity index is 442. The minimum atomic E-state index is -0.0726. The van der Waals surface area contributed by atoms with Gasteiger partial charge in [0.2, 0.25) is 0 Å². The van der Waals surface area contributed by atoms with E-state index in [1.807, 2.05) is 5.38 Å². The normalized spacial score (nSPS) is 23.3. The SMILES string of the molecule is CC(C)OC1CCC(NC(=O)NC[C@H](C)c2nccs2)CC1. The molecule has 0 bridgehead atoms. The van der Waals surface area contributed by atoms with Gasteiger partial charge in [-0.05, 0) is 39.5 Å². The minimum absolute atomic E-state index is 0.0726. The van der Waals surface area contributed by atoms with E-state index in [0.717, 1.165) is 30.7 Å². The third kappa shape index (κ3) is 5.57. The van der Waals surface area contributed by atoms with Crippen molar-refractivity contribution in [3.05, 3.63) is 16.6 Å². The monoisotopic (exact) mass is 325 g/mol. The fourth-order valence-electron chi connectivity index (χ4n) is 2.78. The molecule has 1 aliphatic rings. The van der Waals surface area contributed by atoms with E-state index in [4.69, 9.17) is 4.74 Å². The molecule has 124 valence electrons. The van der Waals surface area contributed by atoms with Crippen LogP contribution >= 0.6 is 11.3 Å². The highest BCUT2D eigenvalue weighted by molar-refractivity contribution is 7.09. The first-order chi connectivity index (χ1) is 10.5. The number of aromatic nitrogens is 1. The first kappa shape index (κ1) is 17.2. The number of nitrogens with zero attached hydrogens (tertiary/aromatic N) is 1. The average Bonchev–Trinajstić information content (AvgIpc) is 3.00. The Kier molecular flexibility index (Phi) is 6.64. The van der Waals surface area contributed by atoms with Crippen molar-refractivity contribution in [1.29, 1.82) is 0 Å². The molecule has 0 radical (unpaired) electrons. The van der Waals surface area contributed by atoms with E-state index in [0.29, 0.717) is 12.6 Å². The molecule has 5 nitrogen and oxygen atoms in total. The Morgan fingerprint density at radius 3 is 2.68 bits per heavy atom. The van der Waals surface area contributed by atoms with Crippen molar-refractivity contribution in [3.8, 4) is 0 Å². The molecule has 1 saturated carbocycles. The van der Waals surface area contributed by atoms with E-state index < -0.39 is 0 Å². The molecule has 1 fully saturated rings. The van der Waals surface area contributed by atoms with Gasteiger partial charge in [-0.3, -0.25) is 0 Å². The lowest BCUT2D eigenvalue weighted by atomic mass is 9.93. The van der Waals surface area contributed by atoms with Crippen molar-refractivity contribution < 1.29 is 9.53 Å². The summed E-state index contributed by atoms with van der Waals surface area (Å²) >= 11 is 1.63. The van der Waals surface area contributed by atoms with E-state index >= 15 is 0 Å². The Balaban J connectivity index is 1.64. The van der Waals surface area contributed by atoms with Crippen LogP contribution in [0.5, 0.6) is 0 Å². The molecule has 1 aliphatic carbocycles. The lowest BCUT2D eigenvalue weighted by molar-refractivity contribution is -0.0155. The zero-order chi connectivity index (χ0) is 15.9. The number of rotatable bonds is 6. The third-order valence-electron chi connectivity index (χ3n) is 3.92. The predicted molar refractivity (Wildman–Crippen MR) is 89.3 cm³/mol. The molecule has 2 amide bonds. The van der Waals surface area contributed by atoms with Crippen molar-refractivity contribution in [1.82, 2.24) is 15.6 Å². The van der Waals surface area contributed by atoms with Crippen molar-refractivity contribution in [2.75, 3.05) is 6.54 Å². The van der Waals surface area contributed by atoms with Gasteiger partial charge in [0, 0.05) is 30.1 Å². The molecule has 0 unspecified atom stereocenters. The summed E-state index contributed by atoms with van der Waals surface area (Å²) in [6.07, 6.45) is 6.47. The van der Waals surface area contributed by atoms with E-state index in [2.05, 4.69) is 36.4 Å². The second-order valence-corrected chi connectivity index (χ2v) is 7.21. The Labute approximate surface area is 136 Å². The maximum absolute atomic E-state index is 12.0. The van der Waals surface area contributed by atoms with Gasteiger partial charge in [0.15, 0.2) is 0 Å². The highest BCUT2D eigenvalue weighted by atomic mass is 32.1. The molecule has 1 heterocycles. The number of carbonyl (C=O) groups is 1. The number of thiazole rings is 1. The van der Waals surface area contributed by atoms with Crippen LogP contribution in [0.15, 0.2) is 11.6 Å². The van der Waals surface area contributed by atoms with Gasteiger partial charge in [-0.1, -0.05) is 6.92 Å². The molecule has 6 heteroatoms. The molecular formula is C16H27N3O2S. The molecule has 0 saturated heterocycles. The molecule has 2 N–H and O–H groups in total. The smallest absolute Gasteiger partial charge is 0.315 e. The molecule has 0 aromatic carbocycles. The highest BCUT2D eigenvalue weighted by Gasteiger charge is 2.23. The first-order valence-electron chi connectivity index (χ1n) is 8.13. The van der Waals surface area contributed by atoms with Crippen LogP contribution in [0.1, 0.15) is 57.4 Å². The summed E-state index contributed by atoms with van der Waals surface area (Å²) in [5.74, 6) is 0.251. The van der Waals surface area contributed by atoms with E-state index in [1.54, 1.807) is 17.5 Å². The van der Waals surface area contributed by atoms with Crippen LogP contribution in [0.2, 0.25) is 0 Å². The van der Waals surface area contributed by atoms with Crippen molar-refractivity contribution >= 4 is 17.4 Å². The third-order valence-corrected chi connectivity index (χ3v) is 4.92. The summed E-state index contributed by atoms with van der Waals surface area (Å²) in [6.45, 7) is 6.83. The van der Waals surface area contributed by atoms with Gasteiger partial charge in [0.1, 0.15) is 0 Å². The fraction of sp³-hybridized carbons (Fsp3) is 0.750. The fourth-order valence-corrected chi connectivity index (χ4v) is 3.47. The van der Waals surface area contributed by atoms with E-state index in [-0.39, 0.29) is 24.1 Å². The van der Waals surface area contributed by atoms with Crippen LogP contribution in [0.4, 0.5) is 4.79 Å². The zero-order valence-corrected chi connectivity index (χ0v) is 14.5. The second kappa shape index (κ2) is 8.48. The van der Waals surface area contributed by atoms with Gasteiger partial charge >= 0.3 is 6.03 Å². The Hall–Kier alpha value is -1.14. The van der Waals surface area contributed by atoms with Crippen molar-refractivity contribution in [2.45, 2.75) is 70.6 Å². The van der Waals surface area contributed by atoms with Gasteiger partial charge in [0.25, 0.3) is 0 Å². The lowest BCUT2D eigenvalue weighted by Crippen LogP contribution is -2.45. The number of carbonyl (C=O) groups excluding carboxylic acids is 1. The molecule has 1 atom stereocenters. The average molecular weight is 325 g/mol. The lowest BCUT2D eigenvalue weighted by Gasteiger charge is -2.30. The standard InChI is InChI=1S/C16H27N3O2S/c1-11(2)21-14-6-4-13(5-7-14)19-16(20)18-10-12(3)15-17-8-9-22-15/h8-9,11-14H,4-7,10H2,1-3H3,(H2,18,19,20)/t12-,13?,14?/m0/s1. The van der Waals surface area contributed by atoms with Crippen molar-refractivity contribution in [3.63, 3.8) is 0 Å². The largest absolute Gasteiger partial charge is 0.376 e. The van der Waals surface area contributed by atoms with Crippen LogP contribution in [-0.4, -0.2) is 35.8 Å². The van der Waals surface area contributed by atoms with Gasteiger partial charge in [0.05, 0.1) is 17.2 Å². The second-order valence-electron chi connectivity index (χ2n) is 6.28. The number of hydrogen-bond donors (Lipinski definition) is 2. The van der Waals surface area contributed by atoms with Gasteiger partial charge in [-0.25, -0.2) is 9.78 Å². The molecular weight excluding hydrogens is 298 g/mol. The quantitative estimate of drug-likeness (QED) is 0.843. The van der Waals surface area contributed by atoms with Gasteiger partial charge in [-0.15, -0.1) is 11.3 Å². The Morgan fingerprint density at radius 1 is 1.36 bits per heavy atom. The first-order valence-corrected chi connectivity index (χ1v) is 9.01. The molecule has 22 heavy (non-hydrogen) atoms. The number of hydrogen-bond acceptors (Lipinski definition) is 4. The molecule has 0 aliphatic heterocycles. The molecule has 1 aromatic heterocycles. The van der Waals surface area contributed by atoms with Crippen LogP contribution in [0, 0.1) is 0 Å². The summed E-state index contributed by atoms with van der Waals surface area (Å²) in [4.78, 5) is 16.2. The van der Waals surface area contributed by atoms with Gasteiger partial charge in [-0.2, -0.15) is 0 Å². The summed E-state index contributed by atoms with van der Waals surface area (Å²) in [5, 5.41) is 9.04. The van der Waals surface area contributed by atoms with Crippen LogP contribution < -0.4 is 10.6 Å². The van der Waals surface area contributed by atoms with Crippen molar-refractivity contribution in [2.24, 2.45) is 0 Å². The molecule has 2 rings (SSSR count). The summed E-state index contributed by atoms with van der Waals surface area (Å²) in [5.41, 5.74) is 0. The summed E-state index contributed by atoms with van der Waals surface area (Å²) < 4.78 is 5.83. The topological polar surface area (TPSA) is 63.2 Å². The number of ether oxygens (including phenoxy) is 1. The van der Waals surface area contributed by atoms with E-state index in [9.17, 15) is 4.79 Å². The number of amides is 2. The Morgan fingerprint density at radius 2 is 2.09 bits per heavy atom. The summed E-state index contributed by atoms with van der Waals surface area (Å²) in [6, 6.07) is 0.193. The maximum atomic E-state index is 12.0. The minimum Gasteiger partial charge on any atom is -0.376 e. The van der Waals surface area contributed by atoms with Crippen LogP contribution in [0.3, 0.4) is 0 Å². The zero-order valence-electron chi connectivity index (χ0n) is 13.7. The number of urea groups is 1. The van der Waals surface area contributed by atoms with E-state index in [1.165, 1.54) is 0 Å². The summed E-state index contributed by atoms with van der Waals surface area (Å²) in [7, 11) is 0.